The van der Waals surface area contributed by atoms with Crippen molar-refractivity contribution in [2.24, 2.45) is 0 Å². The standard InChI is InChI=1S/C10H16N2O4S2/c1-8-9(17-7-11-8)6-12-18(14,15)5-3-4-10(13)16-2/h7,12H,3-6H2,1-2H3. The Morgan fingerprint density at radius 3 is 2.83 bits per heavy atom. The van der Waals surface area contributed by atoms with Crippen LogP contribution in [0.15, 0.2) is 5.51 Å². The topological polar surface area (TPSA) is 85.4 Å². The second-order valence-electron chi connectivity index (χ2n) is 3.68. The maximum absolute atomic E-state index is 11.6. The lowest BCUT2D eigenvalue weighted by atomic mass is 10.3. The maximum Gasteiger partial charge on any atom is 0.305 e. The van der Waals surface area contributed by atoms with Gasteiger partial charge in [0.2, 0.25) is 10.0 Å². The molecule has 0 aromatic carbocycles. The number of nitrogens with one attached hydrogen (secondary N) is 1. The van der Waals surface area contributed by atoms with Gasteiger partial charge in [-0.15, -0.1) is 11.3 Å². The SMILES string of the molecule is COC(=O)CCCS(=O)(=O)NCc1scnc1C. The number of carbonyl (C=O) groups excluding carboxylic acids is 1. The molecule has 0 fully saturated rings. The van der Waals surface area contributed by atoms with E-state index in [1.807, 2.05) is 6.92 Å². The summed E-state index contributed by atoms with van der Waals surface area (Å²) in [6.45, 7) is 2.08. The fraction of sp³-hybridized carbons (Fsp3) is 0.600. The van der Waals surface area contributed by atoms with Gasteiger partial charge >= 0.3 is 5.97 Å². The van der Waals surface area contributed by atoms with Gasteiger partial charge in [0.05, 0.1) is 24.1 Å². The van der Waals surface area contributed by atoms with Crippen molar-refractivity contribution in [3.63, 3.8) is 0 Å². The van der Waals surface area contributed by atoms with E-state index >= 15 is 0 Å². The normalized spacial score (nSPS) is 11.4. The van der Waals surface area contributed by atoms with Crippen LogP contribution in [0.2, 0.25) is 0 Å². The highest BCUT2D eigenvalue weighted by molar-refractivity contribution is 7.89. The summed E-state index contributed by atoms with van der Waals surface area (Å²) in [5.74, 6) is -0.483. The van der Waals surface area contributed by atoms with Crippen LogP contribution in [-0.2, 0) is 26.1 Å². The van der Waals surface area contributed by atoms with Gasteiger partial charge < -0.3 is 4.74 Å². The Morgan fingerprint density at radius 2 is 2.28 bits per heavy atom. The van der Waals surface area contributed by atoms with E-state index in [4.69, 9.17) is 0 Å². The van der Waals surface area contributed by atoms with Crippen LogP contribution in [-0.4, -0.2) is 32.2 Å². The van der Waals surface area contributed by atoms with E-state index < -0.39 is 16.0 Å². The van der Waals surface area contributed by atoms with Gasteiger partial charge in [0, 0.05) is 17.8 Å². The Bertz CT molecular complexity index is 496. The molecule has 102 valence electrons. The number of sulfonamides is 1. The highest BCUT2D eigenvalue weighted by Gasteiger charge is 2.12. The summed E-state index contributed by atoms with van der Waals surface area (Å²) >= 11 is 1.41. The zero-order valence-corrected chi connectivity index (χ0v) is 11.9. The fourth-order valence-electron chi connectivity index (χ4n) is 1.25. The van der Waals surface area contributed by atoms with Crippen molar-refractivity contribution in [2.75, 3.05) is 12.9 Å². The molecular weight excluding hydrogens is 276 g/mol. The molecule has 1 rings (SSSR count). The minimum atomic E-state index is -3.36. The third-order valence-corrected chi connectivity index (χ3v) is 4.66. The number of rotatable bonds is 7. The van der Waals surface area contributed by atoms with E-state index in [-0.39, 0.29) is 25.1 Å². The van der Waals surface area contributed by atoms with E-state index in [2.05, 4.69) is 14.4 Å². The molecule has 1 aromatic heterocycles. The Kier molecular flexibility index (Phi) is 5.70. The molecule has 8 heteroatoms. The maximum atomic E-state index is 11.6. The van der Waals surface area contributed by atoms with Crippen molar-refractivity contribution in [2.45, 2.75) is 26.3 Å². The third-order valence-electron chi connectivity index (χ3n) is 2.32. The van der Waals surface area contributed by atoms with Gasteiger partial charge in [0.15, 0.2) is 0 Å². The lowest BCUT2D eigenvalue weighted by molar-refractivity contribution is -0.140. The van der Waals surface area contributed by atoms with Crippen LogP contribution >= 0.6 is 11.3 Å². The molecule has 6 nitrogen and oxygen atoms in total. The zero-order chi connectivity index (χ0) is 13.6. The van der Waals surface area contributed by atoms with Crippen LogP contribution in [0.25, 0.3) is 0 Å². The van der Waals surface area contributed by atoms with E-state index in [9.17, 15) is 13.2 Å². The van der Waals surface area contributed by atoms with Crippen LogP contribution in [0.3, 0.4) is 0 Å². The summed E-state index contributed by atoms with van der Waals surface area (Å²) in [5, 5.41) is 0. The van der Waals surface area contributed by atoms with Crippen LogP contribution in [0, 0.1) is 6.92 Å². The molecule has 1 aromatic rings. The lowest BCUT2D eigenvalue weighted by Gasteiger charge is -2.05. The van der Waals surface area contributed by atoms with Gasteiger partial charge in [-0.25, -0.2) is 18.1 Å². The van der Waals surface area contributed by atoms with Crippen molar-refractivity contribution in [1.29, 1.82) is 0 Å². The molecular formula is C10H16N2O4S2. The summed E-state index contributed by atoms with van der Waals surface area (Å²) in [5.41, 5.74) is 2.51. The van der Waals surface area contributed by atoms with E-state index in [1.54, 1.807) is 5.51 Å². The first-order chi connectivity index (χ1) is 8.44. The van der Waals surface area contributed by atoms with Gasteiger partial charge in [-0.2, -0.15) is 0 Å². The first-order valence-corrected chi connectivity index (χ1v) is 7.91. The number of hydrogen-bond acceptors (Lipinski definition) is 6. The summed E-state index contributed by atoms with van der Waals surface area (Å²) in [4.78, 5) is 15.8. The molecule has 0 spiro atoms. The number of thiazole rings is 1. The first-order valence-electron chi connectivity index (χ1n) is 5.37. The second kappa shape index (κ2) is 6.81. The molecule has 0 aliphatic carbocycles. The molecule has 0 amide bonds. The Balaban J connectivity index is 2.36. The Hall–Kier alpha value is -0.990. The predicted octanol–water partition coefficient (Wildman–Crippen LogP) is 0.824. The largest absolute Gasteiger partial charge is 0.469 e. The summed E-state index contributed by atoms with van der Waals surface area (Å²) in [6.07, 6.45) is 0.362. The van der Waals surface area contributed by atoms with Crippen LogP contribution in [0.5, 0.6) is 0 Å². The van der Waals surface area contributed by atoms with Crippen molar-refractivity contribution in [3.05, 3.63) is 16.1 Å². The van der Waals surface area contributed by atoms with E-state index in [1.165, 1.54) is 18.4 Å². The van der Waals surface area contributed by atoms with Crippen LogP contribution in [0.4, 0.5) is 0 Å². The Morgan fingerprint density at radius 1 is 1.56 bits per heavy atom. The average molecular weight is 292 g/mol. The number of aryl methyl sites for hydroxylation is 1. The summed E-state index contributed by atoms with van der Waals surface area (Å²) in [6, 6.07) is 0. The van der Waals surface area contributed by atoms with Gasteiger partial charge in [-0.3, -0.25) is 4.79 Å². The molecule has 0 aliphatic rings. The predicted molar refractivity (Wildman–Crippen MR) is 68.7 cm³/mol. The zero-order valence-electron chi connectivity index (χ0n) is 10.3. The number of methoxy groups -OCH3 is 1. The van der Waals surface area contributed by atoms with Crippen molar-refractivity contribution >= 4 is 27.3 Å². The monoisotopic (exact) mass is 292 g/mol. The molecule has 18 heavy (non-hydrogen) atoms. The quantitative estimate of drug-likeness (QED) is 0.752. The first kappa shape index (κ1) is 15.1. The molecule has 0 bridgehead atoms. The molecule has 0 unspecified atom stereocenters. The molecule has 0 atom stereocenters. The van der Waals surface area contributed by atoms with E-state index in [0.717, 1.165) is 10.6 Å². The van der Waals surface area contributed by atoms with Crippen LogP contribution in [0.1, 0.15) is 23.4 Å². The molecule has 0 radical (unpaired) electrons. The number of aromatic nitrogens is 1. The van der Waals surface area contributed by atoms with Gasteiger partial charge in [0.25, 0.3) is 0 Å². The third kappa shape index (κ3) is 5.11. The van der Waals surface area contributed by atoms with Crippen molar-refractivity contribution < 1.29 is 17.9 Å². The lowest BCUT2D eigenvalue weighted by Crippen LogP contribution is -2.26. The number of hydrogen-bond donors (Lipinski definition) is 1. The highest BCUT2D eigenvalue weighted by atomic mass is 32.2. The molecule has 0 saturated carbocycles. The van der Waals surface area contributed by atoms with Gasteiger partial charge in [0.1, 0.15) is 0 Å². The highest BCUT2D eigenvalue weighted by Crippen LogP contribution is 2.11. The van der Waals surface area contributed by atoms with Crippen molar-refractivity contribution in [1.82, 2.24) is 9.71 Å². The molecule has 0 aliphatic heterocycles. The second-order valence-corrected chi connectivity index (χ2v) is 6.55. The minimum Gasteiger partial charge on any atom is -0.469 e. The van der Waals surface area contributed by atoms with Gasteiger partial charge in [-0.05, 0) is 13.3 Å². The molecule has 0 saturated heterocycles. The number of nitrogens with zero attached hydrogens (tertiary/aromatic N) is 1. The average Bonchev–Trinajstić information content (AvgIpc) is 2.72. The molecule has 1 N–H and O–H groups in total. The van der Waals surface area contributed by atoms with E-state index in [0.29, 0.717) is 0 Å². The number of esters is 1. The number of ether oxygens (including phenoxy) is 1. The Labute approximate surface area is 110 Å². The van der Waals surface area contributed by atoms with Gasteiger partial charge in [-0.1, -0.05) is 0 Å². The smallest absolute Gasteiger partial charge is 0.305 e. The summed E-state index contributed by atoms with van der Waals surface area (Å²) in [7, 11) is -2.08. The number of carbonyl (C=O) groups is 1. The van der Waals surface area contributed by atoms with Crippen molar-refractivity contribution in [3.8, 4) is 0 Å². The minimum absolute atomic E-state index is 0.0834. The summed E-state index contributed by atoms with van der Waals surface area (Å²) < 4.78 is 30.2. The van der Waals surface area contributed by atoms with Crippen LogP contribution < -0.4 is 4.72 Å². The fourth-order valence-corrected chi connectivity index (χ4v) is 3.09. The molecule has 1 heterocycles.